The minimum Gasteiger partial charge on any atom is -0.438 e. The van der Waals surface area contributed by atoms with E-state index in [-0.39, 0.29) is 23.9 Å². The third kappa shape index (κ3) is 3.40. The molecule has 0 radical (unpaired) electrons. The van der Waals surface area contributed by atoms with E-state index in [0.717, 1.165) is 22.2 Å². The molecule has 3 heterocycles. The number of para-hydroxylation sites is 1. The van der Waals surface area contributed by atoms with E-state index in [0.29, 0.717) is 26.2 Å². The van der Waals surface area contributed by atoms with E-state index >= 15 is 0 Å². The fourth-order valence-corrected chi connectivity index (χ4v) is 5.07. The Morgan fingerprint density at radius 2 is 1.86 bits per heavy atom. The number of aromatic nitrogens is 1. The zero-order valence-corrected chi connectivity index (χ0v) is 16.9. The van der Waals surface area contributed by atoms with Crippen molar-refractivity contribution in [1.29, 1.82) is 0 Å². The number of morpholine rings is 1. The van der Waals surface area contributed by atoms with Crippen molar-refractivity contribution < 1.29 is 22.4 Å². The van der Waals surface area contributed by atoms with Gasteiger partial charge in [-0.3, -0.25) is 9.36 Å². The van der Waals surface area contributed by atoms with Gasteiger partial charge in [0.15, 0.2) is 5.76 Å². The van der Waals surface area contributed by atoms with Crippen molar-refractivity contribution in [2.45, 2.75) is 18.4 Å². The maximum atomic E-state index is 13.2. The van der Waals surface area contributed by atoms with Gasteiger partial charge in [0.1, 0.15) is 0 Å². The van der Waals surface area contributed by atoms with Crippen molar-refractivity contribution in [3.05, 3.63) is 53.4 Å². The number of fused-ring (bicyclic) bond motifs is 1. The first-order valence-corrected chi connectivity index (χ1v) is 10.9. The van der Waals surface area contributed by atoms with Crippen LogP contribution in [0.4, 0.5) is 0 Å². The fourth-order valence-electron chi connectivity index (χ4n) is 3.75. The summed E-state index contributed by atoms with van der Waals surface area (Å²) >= 11 is 0. The lowest BCUT2D eigenvalue weighted by atomic mass is 10.1. The van der Waals surface area contributed by atoms with Gasteiger partial charge in [0.05, 0.1) is 18.7 Å². The van der Waals surface area contributed by atoms with Crippen LogP contribution in [0.1, 0.15) is 21.8 Å². The summed E-state index contributed by atoms with van der Waals surface area (Å²) in [6, 6.07) is 10.3. The summed E-state index contributed by atoms with van der Waals surface area (Å²) in [4.78, 5) is 13.2. The third-order valence-corrected chi connectivity index (χ3v) is 6.97. The molecule has 8 nitrogen and oxygen atoms in total. The van der Waals surface area contributed by atoms with E-state index in [1.54, 1.807) is 4.57 Å². The Balaban J connectivity index is 1.73. The number of nitrogens with two attached hydrogens (primary N) is 1. The van der Waals surface area contributed by atoms with Crippen LogP contribution in [0, 0.1) is 6.92 Å². The van der Waals surface area contributed by atoms with Crippen molar-refractivity contribution in [3.63, 3.8) is 0 Å². The Hall–Kier alpha value is -2.46. The first-order chi connectivity index (χ1) is 13.9. The van der Waals surface area contributed by atoms with Crippen LogP contribution < -0.4 is 5.73 Å². The van der Waals surface area contributed by atoms with Gasteiger partial charge in [-0.15, -0.1) is 0 Å². The zero-order chi connectivity index (χ0) is 20.6. The van der Waals surface area contributed by atoms with Crippen LogP contribution in [0.2, 0.25) is 0 Å². The summed E-state index contributed by atoms with van der Waals surface area (Å²) in [6.07, 6.45) is 0.640. The number of benzene rings is 1. The second kappa shape index (κ2) is 7.75. The topological polar surface area (TPSA) is 108 Å². The zero-order valence-electron chi connectivity index (χ0n) is 16.1. The van der Waals surface area contributed by atoms with Crippen molar-refractivity contribution in [3.8, 4) is 0 Å². The molecule has 0 unspecified atom stereocenters. The number of hydrogen-bond donors (Lipinski definition) is 1. The number of hydrogen-bond acceptors (Lipinski definition) is 6. The summed E-state index contributed by atoms with van der Waals surface area (Å²) in [7, 11) is -3.80. The van der Waals surface area contributed by atoms with Crippen molar-refractivity contribution in [2.24, 2.45) is 5.73 Å². The van der Waals surface area contributed by atoms with E-state index < -0.39 is 15.9 Å². The summed E-state index contributed by atoms with van der Waals surface area (Å²) in [5.41, 5.74) is 8.27. The lowest BCUT2D eigenvalue weighted by Crippen LogP contribution is -2.40. The summed E-state index contributed by atoms with van der Waals surface area (Å²) in [5, 5.41) is 0.718. The summed E-state index contributed by atoms with van der Waals surface area (Å²) in [6.45, 7) is 3.52. The summed E-state index contributed by atoms with van der Waals surface area (Å²) < 4.78 is 39.1. The van der Waals surface area contributed by atoms with E-state index in [9.17, 15) is 13.2 Å². The normalized spacial score (nSPS) is 15.8. The third-order valence-electron chi connectivity index (χ3n) is 5.20. The molecule has 1 saturated heterocycles. The molecule has 2 N–H and O–H groups in total. The predicted octanol–water partition coefficient (Wildman–Crippen LogP) is 1.75. The second-order valence-electron chi connectivity index (χ2n) is 6.90. The van der Waals surface area contributed by atoms with Crippen molar-refractivity contribution >= 4 is 26.8 Å². The van der Waals surface area contributed by atoms with Crippen LogP contribution in [0.5, 0.6) is 0 Å². The van der Waals surface area contributed by atoms with E-state index in [4.69, 9.17) is 14.9 Å². The molecule has 0 spiro atoms. The van der Waals surface area contributed by atoms with Crippen LogP contribution in [-0.4, -0.2) is 56.0 Å². The van der Waals surface area contributed by atoms with Crippen molar-refractivity contribution in [1.82, 2.24) is 8.87 Å². The molecule has 154 valence electrons. The van der Waals surface area contributed by atoms with Gasteiger partial charge in [-0.2, -0.15) is 4.31 Å². The molecule has 0 aliphatic carbocycles. The quantitative estimate of drug-likeness (QED) is 0.678. The standard InChI is InChI=1S/C20H23N3O5S/c1-14-15(8-9-21)16-4-2-3-5-17(16)23(14)20(24)18-6-7-19(28-18)29(25,26)22-10-12-27-13-11-22/h2-7H,8-13,21H2,1H3. The molecule has 1 aromatic carbocycles. The SMILES string of the molecule is Cc1c(CCN)c2ccccc2n1C(=O)c1ccc(S(=O)(=O)N2CCOCC2)o1. The Morgan fingerprint density at radius 3 is 2.59 bits per heavy atom. The van der Waals surface area contributed by atoms with Gasteiger partial charge < -0.3 is 14.9 Å². The highest BCUT2D eigenvalue weighted by Gasteiger charge is 2.31. The van der Waals surface area contributed by atoms with E-state index in [1.807, 2.05) is 31.2 Å². The van der Waals surface area contributed by atoms with Gasteiger partial charge in [0, 0.05) is 24.2 Å². The average molecular weight is 417 g/mol. The predicted molar refractivity (Wildman–Crippen MR) is 107 cm³/mol. The number of rotatable bonds is 5. The van der Waals surface area contributed by atoms with Gasteiger partial charge in [-0.25, -0.2) is 8.42 Å². The highest BCUT2D eigenvalue weighted by Crippen LogP contribution is 2.28. The first kappa shape index (κ1) is 19.8. The molecular formula is C20H23N3O5S. The molecule has 2 aromatic heterocycles. The molecule has 0 atom stereocenters. The van der Waals surface area contributed by atoms with Gasteiger partial charge >= 0.3 is 0 Å². The number of furan rings is 1. The second-order valence-corrected chi connectivity index (χ2v) is 8.76. The molecule has 3 aromatic rings. The molecule has 0 saturated carbocycles. The number of nitrogens with zero attached hydrogens (tertiary/aromatic N) is 2. The fraction of sp³-hybridized carbons (Fsp3) is 0.350. The number of sulfonamides is 1. The molecule has 0 bridgehead atoms. The van der Waals surface area contributed by atoms with E-state index in [1.165, 1.54) is 16.4 Å². The molecule has 1 aliphatic rings. The molecule has 29 heavy (non-hydrogen) atoms. The monoisotopic (exact) mass is 417 g/mol. The van der Waals surface area contributed by atoms with Gasteiger partial charge in [-0.05, 0) is 43.7 Å². The minimum atomic E-state index is -3.80. The highest BCUT2D eigenvalue weighted by molar-refractivity contribution is 7.89. The lowest BCUT2D eigenvalue weighted by molar-refractivity contribution is 0.0722. The van der Waals surface area contributed by atoms with Crippen LogP contribution >= 0.6 is 0 Å². The van der Waals surface area contributed by atoms with Crippen LogP contribution in [0.15, 0.2) is 45.9 Å². The van der Waals surface area contributed by atoms with Gasteiger partial charge in [0.25, 0.3) is 15.9 Å². The van der Waals surface area contributed by atoms with Crippen LogP contribution in [0.3, 0.4) is 0 Å². The van der Waals surface area contributed by atoms with Gasteiger partial charge in [-0.1, -0.05) is 18.2 Å². The highest BCUT2D eigenvalue weighted by atomic mass is 32.2. The average Bonchev–Trinajstić information content (AvgIpc) is 3.33. The Kier molecular flexibility index (Phi) is 5.30. The van der Waals surface area contributed by atoms with Gasteiger partial charge in [0.2, 0.25) is 5.09 Å². The number of carbonyl (C=O) groups is 1. The molecule has 4 rings (SSSR count). The first-order valence-electron chi connectivity index (χ1n) is 9.46. The largest absolute Gasteiger partial charge is 0.438 e. The Bertz CT molecular complexity index is 1160. The van der Waals surface area contributed by atoms with Crippen molar-refractivity contribution in [2.75, 3.05) is 32.8 Å². The summed E-state index contributed by atoms with van der Waals surface area (Å²) in [5.74, 6) is -0.439. The van der Waals surface area contributed by atoms with Crippen LogP contribution in [-0.2, 0) is 21.2 Å². The van der Waals surface area contributed by atoms with E-state index in [2.05, 4.69) is 0 Å². The molecule has 0 amide bonds. The smallest absolute Gasteiger partial charge is 0.298 e. The maximum absolute atomic E-state index is 13.2. The molecular weight excluding hydrogens is 394 g/mol. The maximum Gasteiger partial charge on any atom is 0.298 e. The minimum absolute atomic E-state index is 0.0278. The van der Waals surface area contributed by atoms with Crippen LogP contribution in [0.25, 0.3) is 10.9 Å². The number of ether oxygens (including phenoxy) is 1. The molecule has 1 aliphatic heterocycles. The molecule has 9 heteroatoms. The Labute approximate surface area is 168 Å². The molecule has 1 fully saturated rings. The number of carbonyl (C=O) groups excluding carboxylic acids is 1. The Morgan fingerprint density at radius 1 is 1.14 bits per heavy atom. The lowest BCUT2D eigenvalue weighted by Gasteiger charge is -2.24.